The zero-order valence-corrected chi connectivity index (χ0v) is 15.4. The van der Waals surface area contributed by atoms with E-state index in [9.17, 15) is 9.59 Å². The summed E-state index contributed by atoms with van der Waals surface area (Å²) in [4.78, 5) is 23.3. The molecule has 0 saturated heterocycles. The Labute approximate surface area is 157 Å². The first-order valence-corrected chi connectivity index (χ1v) is 9.45. The summed E-state index contributed by atoms with van der Waals surface area (Å²) in [6.45, 7) is 2.29. The Balaban J connectivity index is 1.51. The molecule has 0 fully saturated rings. The summed E-state index contributed by atoms with van der Waals surface area (Å²) in [5.41, 5.74) is 0.812. The number of nitrogens with one attached hydrogen (secondary N) is 1. The molecule has 1 aromatic carbocycles. The van der Waals surface area contributed by atoms with Crippen LogP contribution in [0.2, 0.25) is 0 Å². The summed E-state index contributed by atoms with van der Waals surface area (Å²) < 4.78 is 15.9. The van der Waals surface area contributed by atoms with Crippen molar-refractivity contribution in [1.82, 2.24) is 10.2 Å². The highest BCUT2D eigenvalue weighted by atomic mass is 32.2. The third-order valence-corrected chi connectivity index (χ3v) is 5.02. The summed E-state index contributed by atoms with van der Waals surface area (Å²) in [6, 6.07) is 5.41. The van der Waals surface area contributed by atoms with E-state index in [1.165, 1.54) is 29.2 Å². The van der Waals surface area contributed by atoms with Gasteiger partial charge in [0.1, 0.15) is 0 Å². The number of hydrogen-bond acceptors (Lipinski definition) is 9. The lowest BCUT2D eigenvalue weighted by Gasteiger charge is -1.98. The van der Waals surface area contributed by atoms with E-state index in [0.717, 1.165) is 5.56 Å². The second-order valence-corrected chi connectivity index (χ2v) is 7.10. The number of fused-ring (bicyclic) bond motifs is 1. The van der Waals surface area contributed by atoms with Crippen LogP contribution in [0, 0.1) is 0 Å². The van der Waals surface area contributed by atoms with Crippen molar-refractivity contribution in [2.75, 3.05) is 24.5 Å². The topological polar surface area (TPSA) is 99.6 Å². The minimum atomic E-state index is -0.333. The van der Waals surface area contributed by atoms with Gasteiger partial charge in [-0.1, -0.05) is 29.2 Å². The van der Waals surface area contributed by atoms with Gasteiger partial charge in [0, 0.05) is 6.08 Å². The molecule has 0 aliphatic carbocycles. The molecule has 3 rings (SSSR count). The number of carbonyl (C=O) groups is 2. The van der Waals surface area contributed by atoms with Gasteiger partial charge in [0.2, 0.25) is 17.8 Å². The molecule has 8 nitrogen and oxygen atoms in total. The predicted octanol–water partition coefficient (Wildman–Crippen LogP) is 2.57. The van der Waals surface area contributed by atoms with Gasteiger partial charge < -0.3 is 14.2 Å². The summed E-state index contributed by atoms with van der Waals surface area (Å²) in [6.07, 6.45) is 3.05. The van der Waals surface area contributed by atoms with Crippen molar-refractivity contribution in [3.63, 3.8) is 0 Å². The number of anilines is 1. The second-order valence-electron chi connectivity index (χ2n) is 4.90. The van der Waals surface area contributed by atoms with Crippen molar-refractivity contribution in [3.05, 3.63) is 29.8 Å². The molecule has 136 valence electrons. The van der Waals surface area contributed by atoms with E-state index in [0.29, 0.717) is 27.6 Å². The van der Waals surface area contributed by atoms with Crippen molar-refractivity contribution in [3.8, 4) is 11.5 Å². The third kappa shape index (κ3) is 4.96. The first kappa shape index (κ1) is 18.2. The van der Waals surface area contributed by atoms with Crippen molar-refractivity contribution in [2.45, 2.75) is 11.3 Å². The maximum Gasteiger partial charge on any atom is 0.316 e. The van der Waals surface area contributed by atoms with Gasteiger partial charge in [-0.2, -0.15) is 0 Å². The van der Waals surface area contributed by atoms with E-state index in [-0.39, 0.29) is 24.4 Å². The van der Waals surface area contributed by atoms with Gasteiger partial charge in [-0.25, -0.2) is 0 Å². The van der Waals surface area contributed by atoms with E-state index in [4.69, 9.17) is 14.2 Å². The number of benzene rings is 1. The standard InChI is InChI=1S/C16H15N3O5S2/c1-2-22-14(21)8-25-16-19-18-15(26-16)17-13(20)6-4-10-3-5-11-12(7-10)24-9-23-11/h3-7H,2,8-9H2,1H3,(H,17,18,20). The van der Waals surface area contributed by atoms with Crippen LogP contribution in [0.4, 0.5) is 5.13 Å². The Morgan fingerprint density at radius 1 is 1.35 bits per heavy atom. The third-order valence-electron chi connectivity index (χ3n) is 3.08. The number of rotatable bonds is 7. The van der Waals surface area contributed by atoms with E-state index >= 15 is 0 Å². The number of carbonyl (C=O) groups excluding carboxylic acids is 2. The van der Waals surface area contributed by atoms with E-state index in [1.807, 2.05) is 6.07 Å². The van der Waals surface area contributed by atoms with Gasteiger partial charge in [0.15, 0.2) is 15.8 Å². The van der Waals surface area contributed by atoms with Crippen LogP contribution in [-0.2, 0) is 14.3 Å². The molecule has 0 radical (unpaired) electrons. The number of thioether (sulfide) groups is 1. The molecule has 0 bridgehead atoms. The first-order chi connectivity index (χ1) is 12.6. The Hall–Kier alpha value is -2.59. The molecule has 2 aromatic rings. The minimum absolute atomic E-state index is 0.153. The predicted molar refractivity (Wildman–Crippen MR) is 97.5 cm³/mol. The normalized spacial score (nSPS) is 12.3. The van der Waals surface area contributed by atoms with Gasteiger partial charge in [0.05, 0.1) is 12.4 Å². The average Bonchev–Trinajstić information content (AvgIpc) is 3.27. The van der Waals surface area contributed by atoms with Gasteiger partial charge in [-0.3, -0.25) is 14.9 Å². The Bertz CT molecular complexity index is 837. The van der Waals surface area contributed by atoms with Crippen molar-refractivity contribution in [1.29, 1.82) is 0 Å². The molecule has 0 atom stereocenters. The number of hydrogen-bond donors (Lipinski definition) is 1. The maximum atomic E-state index is 12.0. The fraction of sp³-hybridized carbons (Fsp3) is 0.250. The molecule has 1 aromatic heterocycles. The lowest BCUT2D eigenvalue weighted by Crippen LogP contribution is -2.07. The van der Waals surface area contributed by atoms with Crippen LogP contribution in [0.25, 0.3) is 6.08 Å². The average molecular weight is 393 g/mol. The highest BCUT2D eigenvalue weighted by molar-refractivity contribution is 8.01. The molecule has 26 heavy (non-hydrogen) atoms. The molecule has 1 aliphatic heterocycles. The van der Waals surface area contributed by atoms with Crippen LogP contribution in [0.3, 0.4) is 0 Å². The summed E-state index contributed by atoms with van der Waals surface area (Å²) in [7, 11) is 0. The smallest absolute Gasteiger partial charge is 0.316 e. The van der Waals surface area contributed by atoms with Crippen LogP contribution in [-0.4, -0.2) is 41.2 Å². The van der Waals surface area contributed by atoms with Gasteiger partial charge in [-0.05, 0) is 30.7 Å². The van der Waals surface area contributed by atoms with Crippen molar-refractivity contribution in [2.24, 2.45) is 0 Å². The monoisotopic (exact) mass is 393 g/mol. The molecule has 0 unspecified atom stereocenters. The minimum Gasteiger partial charge on any atom is -0.465 e. The van der Waals surface area contributed by atoms with Crippen LogP contribution in [0.1, 0.15) is 12.5 Å². The number of amides is 1. The lowest BCUT2D eigenvalue weighted by molar-refractivity contribution is -0.139. The van der Waals surface area contributed by atoms with Crippen molar-refractivity contribution < 1.29 is 23.8 Å². The van der Waals surface area contributed by atoms with E-state index in [2.05, 4.69) is 15.5 Å². The second kappa shape index (κ2) is 8.68. The molecular formula is C16H15N3O5S2. The number of esters is 1. The number of nitrogens with zero attached hydrogens (tertiary/aromatic N) is 2. The van der Waals surface area contributed by atoms with Crippen molar-refractivity contribution >= 4 is 46.2 Å². The van der Waals surface area contributed by atoms with E-state index < -0.39 is 0 Å². The first-order valence-electron chi connectivity index (χ1n) is 7.64. The van der Waals surface area contributed by atoms with Crippen LogP contribution < -0.4 is 14.8 Å². The quantitative estimate of drug-likeness (QED) is 0.332. The molecule has 0 saturated carbocycles. The fourth-order valence-electron chi connectivity index (χ4n) is 1.98. The van der Waals surface area contributed by atoms with Gasteiger partial charge >= 0.3 is 5.97 Å². The Morgan fingerprint density at radius 3 is 3.04 bits per heavy atom. The lowest BCUT2D eigenvalue weighted by atomic mass is 10.2. The van der Waals surface area contributed by atoms with Crippen LogP contribution in [0.15, 0.2) is 28.6 Å². The molecule has 1 aliphatic rings. The summed E-state index contributed by atoms with van der Waals surface area (Å²) in [5.74, 6) is 0.847. The maximum absolute atomic E-state index is 12.0. The SMILES string of the molecule is CCOC(=O)CSc1nnc(NC(=O)C=Cc2ccc3c(c2)OCO3)s1. The summed E-state index contributed by atoms with van der Waals surface area (Å²) in [5, 5.41) is 10.8. The highest BCUT2D eigenvalue weighted by Gasteiger charge is 2.13. The molecular weight excluding hydrogens is 378 g/mol. The molecule has 10 heteroatoms. The number of ether oxygens (including phenoxy) is 3. The molecule has 1 N–H and O–H groups in total. The van der Waals surface area contributed by atoms with E-state index in [1.54, 1.807) is 25.1 Å². The molecule has 0 spiro atoms. The zero-order chi connectivity index (χ0) is 18.4. The molecule has 2 heterocycles. The largest absolute Gasteiger partial charge is 0.465 e. The Kier molecular flexibility index (Phi) is 6.08. The van der Waals surface area contributed by atoms with Crippen LogP contribution in [0.5, 0.6) is 11.5 Å². The van der Waals surface area contributed by atoms with Crippen LogP contribution >= 0.6 is 23.1 Å². The van der Waals surface area contributed by atoms with Gasteiger partial charge in [-0.15, -0.1) is 10.2 Å². The fourth-order valence-corrected chi connectivity index (χ4v) is 3.53. The highest BCUT2D eigenvalue weighted by Crippen LogP contribution is 2.32. The Morgan fingerprint density at radius 2 is 2.19 bits per heavy atom. The summed E-state index contributed by atoms with van der Waals surface area (Å²) >= 11 is 2.40. The number of aromatic nitrogens is 2. The van der Waals surface area contributed by atoms with Gasteiger partial charge in [0.25, 0.3) is 0 Å². The zero-order valence-electron chi connectivity index (χ0n) is 13.8. The molecule has 1 amide bonds.